The number of rotatable bonds is 1. The van der Waals surface area contributed by atoms with Crippen molar-refractivity contribution in [2.24, 2.45) is 0 Å². The Kier molecular flexibility index (Phi) is 2.01. The molecule has 0 spiro atoms. The maximum Gasteiger partial charge on any atom is 0.121 e. The predicted molar refractivity (Wildman–Crippen MR) is 54.3 cm³/mol. The number of nitrogens with one attached hydrogen (secondary N) is 1. The molecule has 1 aromatic carbocycles. The van der Waals surface area contributed by atoms with Gasteiger partial charge in [-0.15, -0.1) is 0 Å². The van der Waals surface area contributed by atoms with Gasteiger partial charge in [-0.25, -0.2) is 0 Å². The van der Waals surface area contributed by atoms with Gasteiger partial charge in [0, 0.05) is 13.1 Å². The Balaban J connectivity index is 2.45. The number of aliphatic hydroxyl groups is 1. The van der Waals surface area contributed by atoms with Crippen LogP contribution in [0.25, 0.3) is 0 Å². The van der Waals surface area contributed by atoms with Crippen LogP contribution in [0.15, 0.2) is 12.1 Å². The van der Waals surface area contributed by atoms with Gasteiger partial charge in [0.25, 0.3) is 0 Å². The van der Waals surface area contributed by atoms with Gasteiger partial charge in [0.2, 0.25) is 0 Å². The minimum Gasteiger partial charge on any atom is -0.507 e. The van der Waals surface area contributed by atoms with E-state index in [0.717, 1.165) is 16.7 Å². The largest absolute Gasteiger partial charge is 0.507 e. The van der Waals surface area contributed by atoms with Crippen molar-refractivity contribution < 1.29 is 10.2 Å². The van der Waals surface area contributed by atoms with Crippen LogP contribution in [0.1, 0.15) is 16.7 Å². The average Bonchev–Trinajstić information content (AvgIpc) is 2.09. The smallest absolute Gasteiger partial charge is 0.121 e. The summed E-state index contributed by atoms with van der Waals surface area (Å²) in [6.07, 6.45) is 0. The Hall–Kier alpha value is -1.06. The second kappa shape index (κ2) is 2.97. The molecule has 0 aromatic heterocycles. The van der Waals surface area contributed by atoms with Crippen molar-refractivity contribution in [3.8, 4) is 5.75 Å². The molecule has 0 unspecified atom stereocenters. The molecule has 1 saturated heterocycles. The molecule has 3 N–H and O–H groups in total. The highest BCUT2D eigenvalue weighted by molar-refractivity contribution is 5.44. The van der Waals surface area contributed by atoms with Gasteiger partial charge in [0.05, 0.1) is 0 Å². The van der Waals surface area contributed by atoms with Crippen molar-refractivity contribution in [1.82, 2.24) is 5.32 Å². The topological polar surface area (TPSA) is 52.5 Å². The lowest BCUT2D eigenvalue weighted by Gasteiger charge is -2.38. The van der Waals surface area contributed by atoms with Gasteiger partial charge in [-0.2, -0.15) is 0 Å². The van der Waals surface area contributed by atoms with Crippen LogP contribution >= 0.6 is 0 Å². The van der Waals surface area contributed by atoms with Crippen molar-refractivity contribution in [2.45, 2.75) is 19.4 Å². The van der Waals surface area contributed by atoms with E-state index in [0.29, 0.717) is 18.8 Å². The molecule has 14 heavy (non-hydrogen) atoms. The van der Waals surface area contributed by atoms with Gasteiger partial charge in [-0.05, 0) is 42.7 Å². The van der Waals surface area contributed by atoms with E-state index < -0.39 is 5.60 Å². The van der Waals surface area contributed by atoms with Crippen molar-refractivity contribution in [1.29, 1.82) is 0 Å². The molecule has 3 heteroatoms. The Morgan fingerprint density at radius 3 is 2.07 bits per heavy atom. The minimum absolute atomic E-state index is 0.324. The van der Waals surface area contributed by atoms with E-state index in [-0.39, 0.29) is 0 Å². The Morgan fingerprint density at radius 2 is 1.71 bits per heavy atom. The van der Waals surface area contributed by atoms with E-state index in [1.807, 2.05) is 26.0 Å². The number of β-amino-alcohol motifs (C(OH)–C–C–N with tert-alkyl or cyclic N) is 1. The molecule has 0 aliphatic carbocycles. The predicted octanol–water partition coefficient (Wildman–Crippen LogP) is 0.800. The van der Waals surface area contributed by atoms with Gasteiger partial charge in [-0.3, -0.25) is 0 Å². The Morgan fingerprint density at radius 1 is 1.21 bits per heavy atom. The summed E-state index contributed by atoms with van der Waals surface area (Å²) in [4.78, 5) is 0. The lowest BCUT2D eigenvalue weighted by atomic mass is 9.86. The Bertz CT molecular complexity index is 347. The second-order valence-electron chi connectivity index (χ2n) is 4.09. The summed E-state index contributed by atoms with van der Waals surface area (Å²) in [5.41, 5.74) is 1.80. The third kappa shape index (κ3) is 1.29. The molecule has 1 aliphatic rings. The van der Waals surface area contributed by atoms with E-state index in [4.69, 9.17) is 0 Å². The molecule has 0 atom stereocenters. The van der Waals surface area contributed by atoms with E-state index in [9.17, 15) is 10.2 Å². The zero-order valence-corrected chi connectivity index (χ0v) is 8.46. The number of benzene rings is 1. The van der Waals surface area contributed by atoms with E-state index >= 15 is 0 Å². The lowest BCUT2D eigenvalue weighted by Crippen LogP contribution is -2.56. The third-order valence-electron chi connectivity index (χ3n) is 2.86. The van der Waals surface area contributed by atoms with Crippen LogP contribution in [-0.2, 0) is 5.60 Å². The highest BCUT2D eigenvalue weighted by Crippen LogP contribution is 2.31. The van der Waals surface area contributed by atoms with Crippen LogP contribution in [-0.4, -0.2) is 23.3 Å². The molecule has 0 saturated carbocycles. The van der Waals surface area contributed by atoms with E-state index in [1.165, 1.54) is 0 Å². The maximum absolute atomic E-state index is 10.1. The van der Waals surface area contributed by atoms with Crippen molar-refractivity contribution in [3.05, 3.63) is 28.8 Å². The molecule has 0 bridgehead atoms. The number of aryl methyl sites for hydroxylation is 2. The third-order valence-corrected chi connectivity index (χ3v) is 2.86. The summed E-state index contributed by atoms with van der Waals surface area (Å²) in [5, 5.41) is 22.7. The van der Waals surface area contributed by atoms with Crippen molar-refractivity contribution in [3.63, 3.8) is 0 Å². The molecule has 1 fully saturated rings. The first kappa shape index (κ1) is 9.49. The maximum atomic E-state index is 10.1. The molecule has 1 aromatic rings. The first-order valence-electron chi connectivity index (χ1n) is 4.77. The molecule has 1 aliphatic heterocycles. The Labute approximate surface area is 83.4 Å². The average molecular weight is 193 g/mol. The highest BCUT2D eigenvalue weighted by atomic mass is 16.3. The minimum atomic E-state index is -0.733. The first-order chi connectivity index (χ1) is 6.53. The van der Waals surface area contributed by atoms with Gasteiger partial charge in [0.1, 0.15) is 11.4 Å². The zero-order chi connectivity index (χ0) is 10.3. The molecule has 1 heterocycles. The lowest BCUT2D eigenvalue weighted by molar-refractivity contribution is -0.0147. The summed E-state index contributed by atoms with van der Waals surface area (Å²) < 4.78 is 0. The number of hydrogen-bond acceptors (Lipinski definition) is 3. The van der Waals surface area contributed by atoms with Crippen LogP contribution in [0.4, 0.5) is 0 Å². The summed E-state index contributed by atoms with van der Waals surface area (Å²) in [6, 6.07) is 3.70. The summed E-state index contributed by atoms with van der Waals surface area (Å²) >= 11 is 0. The fourth-order valence-corrected chi connectivity index (χ4v) is 1.79. The second-order valence-corrected chi connectivity index (χ2v) is 4.09. The van der Waals surface area contributed by atoms with Gasteiger partial charge < -0.3 is 15.5 Å². The van der Waals surface area contributed by atoms with Crippen LogP contribution in [0, 0.1) is 13.8 Å². The SMILES string of the molecule is Cc1cc(C2(O)CNC2)cc(C)c1O. The van der Waals surface area contributed by atoms with Gasteiger partial charge >= 0.3 is 0 Å². The van der Waals surface area contributed by atoms with Crippen LogP contribution in [0.5, 0.6) is 5.75 Å². The van der Waals surface area contributed by atoms with Crippen molar-refractivity contribution in [2.75, 3.05) is 13.1 Å². The highest BCUT2D eigenvalue weighted by Gasteiger charge is 2.36. The molecule has 0 amide bonds. The fraction of sp³-hybridized carbons (Fsp3) is 0.455. The van der Waals surface area contributed by atoms with Gasteiger partial charge in [-0.1, -0.05) is 0 Å². The van der Waals surface area contributed by atoms with Crippen LogP contribution in [0.2, 0.25) is 0 Å². The van der Waals surface area contributed by atoms with Crippen LogP contribution < -0.4 is 5.32 Å². The standard InChI is InChI=1S/C11H15NO2/c1-7-3-9(4-8(2)10(7)13)11(14)5-12-6-11/h3-4,12-14H,5-6H2,1-2H3. The number of phenolic OH excluding ortho intramolecular Hbond substituents is 1. The van der Waals surface area contributed by atoms with Crippen molar-refractivity contribution >= 4 is 0 Å². The zero-order valence-electron chi connectivity index (χ0n) is 8.46. The van der Waals surface area contributed by atoms with E-state index in [1.54, 1.807) is 0 Å². The summed E-state index contributed by atoms with van der Waals surface area (Å²) in [6.45, 7) is 4.88. The number of aromatic hydroxyl groups is 1. The molecule has 0 radical (unpaired) electrons. The molecular weight excluding hydrogens is 178 g/mol. The summed E-state index contributed by atoms with van der Waals surface area (Å²) in [7, 11) is 0. The molecule has 2 rings (SSSR count). The van der Waals surface area contributed by atoms with Crippen LogP contribution in [0.3, 0.4) is 0 Å². The number of hydrogen-bond donors (Lipinski definition) is 3. The summed E-state index contributed by atoms with van der Waals surface area (Å²) in [5.74, 6) is 0.324. The molecule has 76 valence electrons. The first-order valence-corrected chi connectivity index (χ1v) is 4.77. The number of phenols is 1. The fourth-order valence-electron chi connectivity index (χ4n) is 1.79. The van der Waals surface area contributed by atoms with Gasteiger partial charge in [0.15, 0.2) is 0 Å². The monoisotopic (exact) mass is 193 g/mol. The normalized spacial score (nSPS) is 19.1. The molecular formula is C11H15NO2. The quantitative estimate of drug-likeness (QED) is 0.618. The van der Waals surface area contributed by atoms with E-state index in [2.05, 4.69) is 5.32 Å². The molecule has 3 nitrogen and oxygen atoms in total.